The normalized spacial score (nSPS) is 19.9. The third-order valence-corrected chi connectivity index (χ3v) is 5.14. The van der Waals surface area contributed by atoms with Crippen LogP contribution in [0.5, 0.6) is 0 Å². The van der Waals surface area contributed by atoms with E-state index in [0.29, 0.717) is 25.5 Å². The maximum absolute atomic E-state index is 12.1. The Morgan fingerprint density at radius 3 is 2.74 bits per heavy atom. The molecule has 2 fully saturated rings. The molecular weight excluding hydrogens is 366 g/mol. The van der Waals surface area contributed by atoms with Crippen LogP contribution < -0.4 is 16.0 Å². The highest BCUT2D eigenvalue weighted by molar-refractivity contribution is 5.94. The van der Waals surface area contributed by atoms with Gasteiger partial charge >= 0.3 is 0 Å². The number of halogens is 1. The molecule has 0 bridgehead atoms. The van der Waals surface area contributed by atoms with Crippen LogP contribution in [0.25, 0.3) is 0 Å². The standard InChI is InChI=1S/C20H29N3O3.ClH/c24-19(7-6-15-8-10-21-11-9-15)22-14-16-3-1-4-17(13-16)23-20(25)18-5-2-12-26-18;/h1,3-4,13,15,18,21H,2,5-12,14H2,(H,22,24)(H,23,25);1H. The van der Waals surface area contributed by atoms with E-state index in [0.717, 1.165) is 43.6 Å². The number of carbonyl (C=O) groups excluding carboxylic acids is 2. The van der Waals surface area contributed by atoms with Crippen molar-refractivity contribution in [1.82, 2.24) is 10.6 Å². The number of ether oxygens (including phenoxy) is 1. The van der Waals surface area contributed by atoms with Gasteiger partial charge in [0.2, 0.25) is 5.91 Å². The molecular formula is C20H30ClN3O3. The van der Waals surface area contributed by atoms with Crippen molar-refractivity contribution in [3.8, 4) is 0 Å². The van der Waals surface area contributed by atoms with Gasteiger partial charge in [-0.3, -0.25) is 9.59 Å². The summed E-state index contributed by atoms with van der Waals surface area (Å²) in [6.07, 6.45) is 5.25. The number of rotatable bonds is 7. The van der Waals surface area contributed by atoms with Gasteiger partial charge in [-0.05, 0) is 68.8 Å². The number of anilines is 1. The Bertz CT molecular complexity index is 614. The van der Waals surface area contributed by atoms with Crippen LogP contribution in [0.2, 0.25) is 0 Å². The average molecular weight is 396 g/mol. The lowest BCUT2D eigenvalue weighted by molar-refractivity contribution is -0.124. The molecule has 27 heavy (non-hydrogen) atoms. The second-order valence-corrected chi connectivity index (χ2v) is 7.20. The largest absolute Gasteiger partial charge is 0.368 e. The number of hydrogen-bond donors (Lipinski definition) is 3. The molecule has 6 nitrogen and oxygen atoms in total. The van der Waals surface area contributed by atoms with E-state index in [1.807, 2.05) is 24.3 Å². The van der Waals surface area contributed by atoms with Crippen LogP contribution in [0.15, 0.2) is 24.3 Å². The molecule has 2 aliphatic heterocycles. The molecule has 0 saturated carbocycles. The predicted octanol–water partition coefficient (Wildman–Crippen LogP) is 2.62. The number of benzene rings is 1. The van der Waals surface area contributed by atoms with Crippen molar-refractivity contribution in [1.29, 1.82) is 0 Å². The third kappa shape index (κ3) is 7.13. The highest BCUT2D eigenvalue weighted by Crippen LogP contribution is 2.18. The van der Waals surface area contributed by atoms with E-state index in [1.54, 1.807) is 0 Å². The Balaban J connectivity index is 0.00000261. The number of piperidine rings is 1. The van der Waals surface area contributed by atoms with Crippen LogP contribution in [0.4, 0.5) is 5.69 Å². The molecule has 1 aromatic carbocycles. The van der Waals surface area contributed by atoms with Crippen molar-refractivity contribution in [2.45, 2.75) is 51.2 Å². The summed E-state index contributed by atoms with van der Waals surface area (Å²) in [6, 6.07) is 7.60. The fourth-order valence-electron chi connectivity index (χ4n) is 3.56. The topological polar surface area (TPSA) is 79.5 Å². The van der Waals surface area contributed by atoms with Crippen LogP contribution >= 0.6 is 12.4 Å². The molecule has 2 amide bonds. The summed E-state index contributed by atoms with van der Waals surface area (Å²) in [5.41, 5.74) is 1.72. The Morgan fingerprint density at radius 2 is 2.00 bits per heavy atom. The lowest BCUT2D eigenvalue weighted by Gasteiger charge is -2.22. The fraction of sp³-hybridized carbons (Fsp3) is 0.600. The number of amides is 2. The van der Waals surface area contributed by atoms with Crippen LogP contribution in [0, 0.1) is 5.92 Å². The minimum atomic E-state index is -0.339. The second-order valence-electron chi connectivity index (χ2n) is 7.20. The highest BCUT2D eigenvalue weighted by Gasteiger charge is 2.23. The van der Waals surface area contributed by atoms with E-state index in [2.05, 4.69) is 16.0 Å². The summed E-state index contributed by atoms with van der Waals surface area (Å²) in [4.78, 5) is 24.2. The van der Waals surface area contributed by atoms with Gasteiger partial charge in [0.1, 0.15) is 6.10 Å². The Hall–Kier alpha value is -1.63. The molecule has 150 valence electrons. The smallest absolute Gasteiger partial charge is 0.253 e. The molecule has 2 saturated heterocycles. The van der Waals surface area contributed by atoms with Crippen LogP contribution in [0.3, 0.4) is 0 Å². The van der Waals surface area contributed by atoms with Crippen LogP contribution in [-0.2, 0) is 20.9 Å². The molecule has 0 aliphatic carbocycles. The van der Waals surface area contributed by atoms with Gasteiger partial charge in [0, 0.05) is 25.3 Å². The fourth-order valence-corrected chi connectivity index (χ4v) is 3.56. The Morgan fingerprint density at radius 1 is 1.19 bits per heavy atom. The first-order chi connectivity index (χ1) is 12.7. The summed E-state index contributed by atoms with van der Waals surface area (Å²) in [6.45, 7) is 3.27. The predicted molar refractivity (Wildman–Crippen MR) is 108 cm³/mol. The minimum absolute atomic E-state index is 0. The van der Waals surface area contributed by atoms with E-state index in [4.69, 9.17) is 4.74 Å². The van der Waals surface area contributed by atoms with Gasteiger partial charge in [0.25, 0.3) is 5.91 Å². The molecule has 3 rings (SSSR count). The molecule has 7 heteroatoms. The van der Waals surface area contributed by atoms with Gasteiger partial charge < -0.3 is 20.7 Å². The van der Waals surface area contributed by atoms with Gasteiger partial charge in [-0.1, -0.05) is 12.1 Å². The van der Waals surface area contributed by atoms with Crippen molar-refractivity contribution in [2.75, 3.05) is 25.0 Å². The molecule has 1 unspecified atom stereocenters. The zero-order chi connectivity index (χ0) is 18.2. The Labute approximate surface area is 167 Å². The maximum Gasteiger partial charge on any atom is 0.253 e. The molecule has 0 radical (unpaired) electrons. The van der Waals surface area contributed by atoms with Crippen LogP contribution in [-0.4, -0.2) is 37.6 Å². The van der Waals surface area contributed by atoms with E-state index in [-0.39, 0.29) is 30.3 Å². The van der Waals surface area contributed by atoms with E-state index >= 15 is 0 Å². The monoisotopic (exact) mass is 395 g/mol. The van der Waals surface area contributed by atoms with Gasteiger partial charge in [0.15, 0.2) is 0 Å². The van der Waals surface area contributed by atoms with E-state index in [1.165, 1.54) is 12.8 Å². The van der Waals surface area contributed by atoms with Gasteiger partial charge in [-0.15, -0.1) is 12.4 Å². The number of carbonyl (C=O) groups is 2. The van der Waals surface area contributed by atoms with Crippen molar-refractivity contribution in [2.24, 2.45) is 5.92 Å². The third-order valence-electron chi connectivity index (χ3n) is 5.14. The SMILES string of the molecule is Cl.O=C(CCC1CCNCC1)NCc1cccc(NC(=O)C2CCCO2)c1. The second kappa shape index (κ2) is 11.3. The van der Waals surface area contributed by atoms with Crippen molar-refractivity contribution in [3.05, 3.63) is 29.8 Å². The molecule has 2 aliphatic rings. The molecule has 1 aromatic rings. The van der Waals surface area contributed by atoms with Gasteiger partial charge in [-0.2, -0.15) is 0 Å². The Kier molecular flexibility index (Phi) is 9.04. The minimum Gasteiger partial charge on any atom is -0.368 e. The van der Waals surface area contributed by atoms with Gasteiger partial charge in [0.05, 0.1) is 0 Å². The van der Waals surface area contributed by atoms with Crippen molar-refractivity contribution < 1.29 is 14.3 Å². The molecule has 2 heterocycles. The maximum atomic E-state index is 12.1. The molecule has 3 N–H and O–H groups in total. The summed E-state index contributed by atoms with van der Waals surface area (Å²) < 4.78 is 5.40. The van der Waals surface area contributed by atoms with E-state index in [9.17, 15) is 9.59 Å². The van der Waals surface area contributed by atoms with Crippen molar-refractivity contribution in [3.63, 3.8) is 0 Å². The first kappa shape index (κ1) is 21.7. The van der Waals surface area contributed by atoms with Crippen LogP contribution in [0.1, 0.15) is 44.1 Å². The first-order valence-electron chi connectivity index (χ1n) is 9.69. The molecule has 1 atom stereocenters. The highest BCUT2D eigenvalue weighted by atomic mass is 35.5. The zero-order valence-corrected chi connectivity index (χ0v) is 16.5. The number of nitrogens with one attached hydrogen (secondary N) is 3. The summed E-state index contributed by atoms with van der Waals surface area (Å²) in [5.74, 6) is 0.668. The number of hydrogen-bond acceptors (Lipinski definition) is 4. The molecule has 0 aromatic heterocycles. The lowest BCUT2D eigenvalue weighted by atomic mass is 9.93. The quantitative estimate of drug-likeness (QED) is 0.663. The molecule has 0 spiro atoms. The zero-order valence-electron chi connectivity index (χ0n) is 15.7. The van der Waals surface area contributed by atoms with Crippen molar-refractivity contribution >= 4 is 29.9 Å². The summed E-state index contributed by atoms with van der Waals surface area (Å²) >= 11 is 0. The van der Waals surface area contributed by atoms with E-state index < -0.39 is 0 Å². The summed E-state index contributed by atoms with van der Waals surface area (Å²) in [5, 5.41) is 9.23. The average Bonchev–Trinajstić information content (AvgIpc) is 3.21. The lowest BCUT2D eigenvalue weighted by Crippen LogP contribution is -2.29. The van der Waals surface area contributed by atoms with Gasteiger partial charge in [-0.25, -0.2) is 0 Å². The summed E-state index contributed by atoms with van der Waals surface area (Å²) in [7, 11) is 0. The first-order valence-corrected chi connectivity index (χ1v) is 9.69.